The van der Waals surface area contributed by atoms with Gasteiger partial charge in [-0.25, -0.2) is 0 Å². The maximum absolute atomic E-state index is 10.9. The first-order valence-corrected chi connectivity index (χ1v) is 4.07. The summed E-state index contributed by atoms with van der Waals surface area (Å²) in [5, 5.41) is 11.0. The summed E-state index contributed by atoms with van der Waals surface area (Å²) in [6.07, 6.45) is 1.67. The highest BCUT2D eigenvalue weighted by Gasteiger charge is 2.15. The fourth-order valence-corrected chi connectivity index (χ4v) is 1.19. The average Bonchev–Trinajstić information content (AvgIpc) is 2.06. The quantitative estimate of drug-likeness (QED) is 0.640. The van der Waals surface area contributed by atoms with E-state index in [1.807, 2.05) is 6.07 Å². The Morgan fingerprint density at radius 2 is 2.25 bits per heavy atom. The molecule has 0 aliphatic carbocycles. The molecular weight excluding hydrogens is 156 g/mol. The van der Waals surface area contributed by atoms with Crippen LogP contribution in [-0.2, 0) is 9.53 Å². The molecule has 0 aromatic rings. The molecule has 1 amide bonds. The van der Waals surface area contributed by atoms with E-state index in [4.69, 9.17) is 10.00 Å². The molecule has 1 rings (SSSR count). The van der Waals surface area contributed by atoms with Gasteiger partial charge in [0.1, 0.15) is 6.42 Å². The van der Waals surface area contributed by atoms with Crippen LogP contribution in [0.4, 0.5) is 0 Å². The van der Waals surface area contributed by atoms with Gasteiger partial charge in [0.2, 0.25) is 5.91 Å². The Hall–Kier alpha value is -1.08. The number of hydrogen-bond acceptors (Lipinski definition) is 3. The number of carbonyl (C=O) groups is 1. The second-order valence-corrected chi connectivity index (χ2v) is 2.79. The lowest BCUT2D eigenvalue weighted by molar-refractivity contribution is -0.121. The molecule has 0 atom stereocenters. The normalized spacial score (nSPS) is 18.2. The Morgan fingerprint density at radius 1 is 1.58 bits per heavy atom. The van der Waals surface area contributed by atoms with Crippen molar-refractivity contribution >= 4 is 5.91 Å². The monoisotopic (exact) mass is 168 g/mol. The minimum absolute atomic E-state index is 0.0443. The molecular formula is C8H12N2O2. The third kappa shape index (κ3) is 2.89. The fraction of sp³-hybridized carbons (Fsp3) is 0.750. The molecule has 0 aromatic heterocycles. The van der Waals surface area contributed by atoms with Crippen LogP contribution in [0.5, 0.6) is 0 Å². The van der Waals surface area contributed by atoms with Gasteiger partial charge >= 0.3 is 0 Å². The summed E-state index contributed by atoms with van der Waals surface area (Å²) in [5.41, 5.74) is 0. The predicted molar refractivity (Wildman–Crippen MR) is 42.2 cm³/mol. The molecule has 66 valence electrons. The van der Waals surface area contributed by atoms with Gasteiger partial charge in [-0.05, 0) is 12.8 Å². The SMILES string of the molecule is N#CCC(=O)NC1CCOCC1. The fourth-order valence-electron chi connectivity index (χ4n) is 1.19. The maximum atomic E-state index is 10.9. The highest BCUT2D eigenvalue weighted by molar-refractivity contribution is 5.78. The Morgan fingerprint density at radius 3 is 2.83 bits per heavy atom. The van der Waals surface area contributed by atoms with Crippen molar-refractivity contribution in [1.29, 1.82) is 5.26 Å². The van der Waals surface area contributed by atoms with Crippen LogP contribution < -0.4 is 5.32 Å². The van der Waals surface area contributed by atoms with Gasteiger partial charge in [0, 0.05) is 19.3 Å². The van der Waals surface area contributed by atoms with Crippen molar-refractivity contribution in [2.75, 3.05) is 13.2 Å². The van der Waals surface area contributed by atoms with Crippen LogP contribution >= 0.6 is 0 Å². The number of nitriles is 1. The zero-order valence-electron chi connectivity index (χ0n) is 6.88. The topological polar surface area (TPSA) is 62.1 Å². The summed E-state index contributed by atoms with van der Waals surface area (Å²) in [7, 11) is 0. The summed E-state index contributed by atoms with van der Waals surface area (Å²) in [4.78, 5) is 10.9. The first kappa shape index (κ1) is 9.01. The number of rotatable bonds is 2. The highest BCUT2D eigenvalue weighted by atomic mass is 16.5. The second-order valence-electron chi connectivity index (χ2n) is 2.79. The van der Waals surface area contributed by atoms with Crippen LogP contribution in [-0.4, -0.2) is 25.2 Å². The number of amides is 1. The van der Waals surface area contributed by atoms with E-state index in [1.54, 1.807) is 0 Å². The summed E-state index contributed by atoms with van der Waals surface area (Å²) < 4.78 is 5.12. The van der Waals surface area contributed by atoms with Gasteiger partial charge in [-0.2, -0.15) is 5.26 Å². The zero-order valence-corrected chi connectivity index (χ0v) is 6.88. The molecule has 1 heterocycles. The first-order chi connectivity index (χ1) is 5.83. The van der Waals surface area contributed by atoms with Crippen molar-refractivity contribution in [3.63, 3.8) is 0 Å². The van der Waals surface area contributed by atoms with E-state index in [-0.39, 0.29) is 18.4 Å². The number of carbonyl (C=O) groups excluding carboxylic acids is 1. The van der Waals surface area contributed by atoms with E-state index < -0.39 is 0 Å². The summed E-state index contributed by atoms with van der Waals surface area (Å²) in [5.74, 6) is -0.176. The van der Waals surface area contributed by atoms with E-state index in [1.165, 1.54) is 0 Å². The van der Waals surface area contributed by atoms with E-state index in [0.717, 1.165) is 12.8 Å². The molecule has 0 radical (unpaired) electrons. The Kier molecular flexibility index (Phi) is 3.55. The maximum Gasteiger partial charge on any atom is 0.234 e. The standard InChI is InChI=1S/C8H12N2O2/c9-4-1-8(11)10-7-2-5-12-6-3-7/h7H,1-3,5-6H2,(H,10,11). The minimum Gasteiger partial charge on any atom is -0.381 e. The van der Waals surface area contributed by atoms with Gasteiger partial charge in [-0.1, -0.05) is 0 Å². The Balaban J connectivity index is 2.21. The smallest absolute Gasteiger partial charge is 0.234 e. The van der Waals surface area contributed by atoms with Crippen LogP contribution in [0.25, 0.3) is 0 Å². The second kappa shape index (κ2) is 4.73. The molecule has 0 spiro atoms. The van der Waals surface area contributed by atoms with Crippen LogP contribution in [0.3, 0.4) is 0 Å². The van der Waals surface area contributed by atoms with Gasteiger partial charge in [0.05, 0.1) is 6.07 Å². The minimum atomic E-state index is -0.176. The largest absolute Gasteiger partial charge is 0.381 e. The predicted octanol–water partition coefficient (Wildman–Crippen LogP) is 0.195. The van der Waals surface area contributed by atoms with Crippen LogP contribution in [0.1, 0.15) is 19.3 Å². The van der Waals surface area contributed by atoms with Gasteiger partial charge in [-0.15, -0.1) is 0 Å². The van der Waals surface area contributed by atoms with Gasteiger partial charge in [0.25, 0.3) is 0 Å². The first-order valence-electron chi connectivity index (χ1n) is 4.07. The lowest BCUT2D eigenvalue weighted by Crippen LogP contribution is -2.38. The molecule has 0 saturated carbocycles. The van der Waals surface area contributed by atoms with Crippen LogP contribution in [0.2, 0.25) is 0 Å². The van der Waals surface area contributed by atoms with E-state index >= 15 is 0 Å². The molecule has 1 aliphatic rings. The summed E-state index contributed by atoms with van der Waals surface area (Å²) in [6, 6.07) is 2.02. The molecule has 4 heteroatoms. The van der Waals surface area contributed by atoms with E-state index in [2.05, 4.69) is 5.32 Å². The summed E-state index contributed by atoms with van der Waals surface area (Å²) in [6.45, 7) is 1.41. The molecule has 12 heavy (non-hydrogen) atoms. The van der Waals surface area contributed by atoms with Crippen molar-refractivity contribution in [3.8, 4) is 6.07 Å². The lowest BCUT2D eigenvalue weighted by atomic mass is 10.1. The summed E-state index contributed by atoms with van der Waals surface area (Å²) >= 11 is 0. The van der Waals surface area contributed by atoms with Gasteiger partial charge in [0.15, 0.2) is 0 Å². The van der Waals surface area contributed by atoms with E-state index in [0.29, 0.717) is 13.2 Å². The van der Waals surface area contributed by atoms with Crippen molar-refractivity contribution in [3.05, 3.63) is 0 Å². The number of nitrogens with zero attached hydrogens (tertiary/aromatic N) is 1. The Bertz CT molecular complexity index is 192. The third-order valence-electron chi connectivity index (χ3n) is 1.83. The molecule has 1 saturated heterocycles. The molecule has 1 fully saturated rings. The van der Waals surface area contributed by atoms with Crippen LogP contribution in [0, 0.1) is 11.3 Å². The Labute approximate surface area is 71.5 Å². The average molecular weight is 168 g/mol. The lowest BCUT2D eigenvalue weighted by Gasteiger charge is -2.22. The number of hydrogen-bond donors (Lipinski definition) is 1. The zero-order chi connectivity index (χ0) is 8.81. The van der Waals surface area contributed by atoms with Crippen molar-refractivity contribution in [1.82, 2.24) is 5.32 Å². The molecule has 1 N–H and O–H groups in total. The van der Waals surface area contributed by atoms with E-state index in [9.17, 15) is 4.79 Å². The number of nitrogens with one attached hydrogen (secondary N) is 1. The molecule has 4 nitrogen and oxygen atoms in total. The van der Waals surface area contributed by atoms with Crippen LogP contribution in [0.15, 0.2) is 0 Å². The van der Waals surface area contributed by atoms with Crippen molar-refractivity contribution < 1.29 is 9.53 Å². The van der Waals surface area contributed by atoms with Crippen molar-refractivity contribution in [2.24, 2.45) is 0 Å². The van der Waals surface area contributed by atoms with Gasteiger partial charge < -0.3 is 10.1 Å². The third-order valence-corrected chi connectivity index (χ3v) is 1.83. The number of ether oxygens (including phenoxy) is 1. The molecule has 0 bridgehead atoms. The van der Waals surface area contributed by atoms with Gasteiger partial charge in [-0.3, -0.25) is 4.79 Å². The molecule has 0 aromatic carbocycles. The molecule has 1 aliphatic heterocycles. The molecule has 0 unspecified atom stereocenters. The highest BCUT2D eigenvalue weighted by Crippen LogP contribution is 2.05. The van der Waals surface area contributed by atoms with Crippen molar-refractivity contribution in [2.45, 2.75) is 25.3 Å².